The van der Waals surface area contributed by atoms with E-state index in [0.717, 1.165) is 17.7 Å². The van der Waals surface area contributed by atoms with Gasteiger partial charge in [-0.05, 0) is 18.6 Å². The van der Waals surface area contributed by atoms with Crippen LogP contribution in [-0.4, -0.2) is 54.6 Å². The first-order valence-corrected chi connectivity index (χ1v) is 7.44. The number of unbranched alkanes of at least 4 members (excludes halogenated alkanes) is 1. The zero-order valence-corrected chi connectivity index (χ0v) is 13.4. The SMILES string of the molecule is CCCCOC(=O)c1ccccc1NC(=O)C(=O)N(C)CCO. The van der Waals surface area contributed by atoms with Gasteiger partial charge in [0.2, 0.25) is 0 Å². The average Bonchev–Trinajstić information content (AvgIpc) is 2.54. The number of para-hydroxylation sites is 1. The summed E-state index contributed by atoms with van der Waals surface area (Å²) in [7, 11) is 1.41. The summed E-state index contributed by atoms with van der Waals surface area (Å²) < 4.78 is 5.12. The lowest BCUT2D eigenvalue weighted by Gasteiger charge is -2.16. The van der Waals surface area contributed by atoms with Crippen LogP contribution in [0.1, 0.15) is 30.1 Å². The van der Waals surface area contributed by atoms with Crippen LogP contribution in [0.3, 0.4) is 0 Å². The highest BCUT2D eigenvalue weighted by atomic mass is 16.5. The van der Waals surface area contributed by atoms with E-state index in [4.69, 9.17) is 9.84 Å². The third-order valence-corrected chi connectivity index (χ3v) is 3.10. The fraction of sp³-hybridized carbons (Fsp3) is 0.438. The maximum Gasteiger partial charge on any atom is 0.340 e. The van der Waals surface area contributed by atoms with Gasteiger partial charge in [-0.1, -0.05) is 25.5 Å². The van der Waals surface area contributed by atoms with Crippen molar-refractivity contribution in [1.29, 1.82) is 0 Å². The summed E-state index contributed by atoms with van der Waals surface area (Å²) >= 11 is 0. The van der Waals surface area contributed by atoms with Crippen LogP contribution in [-0.2, 0) is 14.3 Å². The molecule has 7 nitrogen and oxygen atoms in total. The lowest BCUT2D eigenvalue weighted by Crippen LogP contribution is -2.38. The molecule has 0 radical (unpaired) electrons. The summed E-state index contributed by atoms with van der Waals surface area (Å²) in [5.41, 5.74) is 0.402. The zero-order valence-electron chi connectivity index (χ0n) is 13.4. The maximum atomic E-state index is 12.0. The Morgan fingerprint density at radius 1 is 1.26 bits per heavy atom. The van der Waals surface area contributed by atoms with E-state index in [1.807, 2.05) is 6.92 Å². The predicted octanol–water partition coefficient (Wildman–Crippen LogP) is 1.03. The largest absolute Gasteiger partial charge is 0.462 e. The first-order valence-electron chi connectivity index (χ1n) is 7.44. The highest BCUT2D eigenvalue weighted by Gasteiger charge is 2.21. The Morgan fingerprint density at radius 3 is 2.61 bits per heavy atom. The molecule has 0 saturated heterocycles. The second-order valence-electron chi connectivity index (χ2n) is 4.94. The van der Waals surface area contributed by atoms with Gasteiger partial charge in [0.1, 0.15) is 0 Å². The summed E-state index contributed by atoms with van der Waals surface area (Å²) in [6.07, 6.45) is 1.65. The zero-order chi connectivity index (χ0) is 17.2. The van der Waals surface area contributed by atoms with Gasteiger partial charge >= 0.3 is 17.8 Å². The van der Waals surface area contributed by atoms with Crippen LogP contribution in [0.4, 0.5) is 5.69 Å². The van der Waals surface area contributed by atoms with E-state index in [0.29, 0.717) is 6.61 Å². The summed E-state index contributed by atoms with van der Waals surface area (Å²) in [6, 6.07) is 6.32. The molecular formula is C16H22N2O5. The number of aliphatic hydroxyl groups excluding tert-OH is 1. The van der Waals surface area contributed by atoms with Gasteiger partial charge in [-0.15, -0.1) is 0 Å². The normalized spacial score (nSPS) is 10.0. The number of hydrogen-bond acceptors (Lipinski definition) is 5. The molecule has 7 heteroatoms. The monoisotopic (exact) mass is 322 g/mol. The van der Waals surface area contributed by atoms with Crippen molar-refractivity contribution in [3.05, 3.63) is 29.8 Å². The number of carbonyl (C=O) groups excluding carboxylic acids is 3. The van der Waals surface area contributed by atoms with Crippen molar-refractivity contribution in [2.24, 2.45) is 0 Å². The quantitative estimate of drug-likeness (QED) is 0.444. The molecule has 0 spiro atoms. The molecule has 0 aromatic heterocycles. The van der Waals surface area contributed by atoms with E-state index < -0.39 is 17.8 Å². The molecule has 2 amide bonds. The average molecular weight is 322 g/mol. The van der Waals surface area contributed by atoms with Crippen molar-refractivity contribution >= 4 is 23.5 Å². The predicted molar refractivity (Wildman–Crippen MR) is 85.0 cm³/mol. The molecule has 1 aromatic carbocycles. The fourth-order valence-electron chi connectivity index (χ4n) is 1.76. The molecule has 0 aliphatic carbocycles. The topological polar surface area (TPSA) is 95.9 Å². The van der Waals surface area contributed by atoms with Crippen molar-refractivity contribution in [1.82, 2.24) is 4.90 Å². The first kappa shape index (κ1) is 18.6. The van der Waals surface area contributed by atoms with Crippen LogP contribution in [0.25, 0.3) is 0 Å². The van der Waals surface area contributed by atoms with Gasteiger partial charge in [-0.2, -0.15) is 0 Å². The maximum absolute atomic E-state index is 12.0. The van der Waals surface area contributed by atoms with Gasteiger partial charge in [0.05, 0.1) is 24.5 Å². The third-order valence-electron chi connectivity index (χ3n) is 3.10. The lowest BCUT2D eigenvalue weighted by atomic mass is 10.1. The van der Waals surface area contributed by atoms with E-state index in [1.54, 1.807) is 12.1 Å². The van der Waals surface area contributed by atoms with E-state index in [9.17, 15) is 14.4 Å². The number of aliphatic hydroxyl groups is 1. The number of anilines is 1. The molecule has 0 atom stereocenters. The van der Waals surface area contributed by atoms with Gasteiger partial charge in [-0.3, -0.25) is 9.59 Å². The van der Waals surface area contributed by atoms with Crippen LogP contribution >= 0.6 is 0 Å². The summed E-state index contributed by atoms with van der Waals surface area (Å²) in [6.45, 7) is 2.09. The van der Waals surface area contributed by atoms with Crippen molar-refractivity contribution in [3.63, 3.8) is 0 Å². The number of amides is 2. The van der Waals surface area contributed by atoms with E-state index >= 15 is 0 Å². The van der Waals surface area contributed by atoms with Crippen LogP contribution in [0.2, 0.25) is 0 Å². The van der Waals surface area contributed by atoms with Crippen molar-refractivity contribution in [2.45, 2.75) is 19.8 Å². The highest BCUT2D eigenvalue weighted by molar-refractivity contribution is 6.39. The number of likely N-dealkylation sites (N-methyl/N-ethyl adjacent to an activating group) is 1. The summed E-state index contributed by atoms with van der Waals surface area (Å²) in [5, 5.41) is 11.2. The number of carbonyl (C=O) groups is 3. The molecule has 0 bridgehead atoms. The van der Waals surface area contributed by atoms with Gasteiger partial charge in [0.25, 0.3) is 0 Å². The van der Waals surface area contributed by atoms with Crippen molar-refractivity contribution < 1.29 is 24.2 Å². The molecule has 0 aliphatic rings. The summed E-state index contributed by atoms with van der Waals surface area (Å²) in [5.74, 6) is -2.23. The van der Waals surface area contributed by atoms with Gasteiger partial charge < -0.3 is 20.1 Å². The Bertz CT molecular complexity index is 559. The molecular weight excluding hydrogens is 300 g/mol. The summed E-state index contributed by atoms with van der Waals surface area (Å²) in [4.78, 5) is 36.9. The molecule has 0 unspecified atom stereocenters. The molecule has 0 heterocycles. The smallest absolute Gasteiger partial charge is 0.340 e. The minimum Gasteiger partial charge on any atom is -0.462 e. The number of hydrogen-bond donors (Lipinski definition) is 2. The van der Waals surface area contributed by atoms with Gasteiger partial charge in [0, 0.05) is 13.6 Å². The number of rotatable bonds is 7. The molecule has 1 rings (SSSR count). The Morgan fingerprint density at radius 2 is 1.96 bits per heavy atom. The van der Waals surface area contributed by atoms with Gasteiger partial charge in [-0.25, -0.2) is 4.79 Å². The third kappa shape index (κ3) is 5.71. The van der Waals surface area contributed by atoms with Gasteiger partial charge in [0.15, 0.2) is 0 Å². The molecule has 0 aliphatic heterocycles. The Balaban J connectivity index is 2.79. The molecule has 1 aromatic rings. The first-order chi connectivity index (χ1) is 11.0. The molecule has 126 valence electrons. The highest BCUT2D eigenvalue weighted by Crippen LogP contribution is 2.16. The minimum absolute atomic E-state index is 0.0486. The Kier molecular flexibility index (Phi) is 7.76. The van der Waals surface area contributed by atoms with Crippen molar-refractivity contribution in [3.8, 4) is 0 Å². The Labute approximate surface area is 135 Å². The standard InChI is InChI=1S/C16H22N2O5/c1-3-4-11-23-16(22)12-7-5-6-8-13(12)17-14(20)15(21)18(2)9-10-19/h5-8,19H,3-4,9-11H2,1-2H3,(H,17,20). The van der Waals surface area contributed by atoms with E-state index in [-0.39, 0.29) is 24.4 Å². The second kappa shape index (κ2) is 9.58. The number of esters is 1. The fourth-order valence-corrected chi connectivity index (χ4v) is 1.76. The van der Waals surface area contributed by atoms with Crippen LogP contribution < -0.4 is 5.32 Å². The molecule has 2 N–H and O–H groups in total. The van der Waals surface area contributed by atoms with Crippen LogP contribution in [0.15, 0.2) is 24.3 Å². The van der Waals surface area contributed by atoms with Crippen molar-refractivity contribution in [2.75, 3.05) is 32.1 Å². The van der Waals surface area contributed by atoms with Crippen LogP contribution in [0, 0.1) is 0 Å². The van der Waals surface area contributed by atoms with E-state index in [1.165, 1.54) is 19.2 Å². The minimum atomic E-state index is -0.880. The Hall–Kier alpha value is -2.41. The number of ether oxygens (including phenoxy) is 1. The lowest BCUT2D eigenvalue weighted by molar-refractivity contribution is -0.142. The molecule has 0 fully saturated rings. The molecule has 0 saturated carbocycles. The number of nitrogens with one attached hydrogen (secondary N) is 1. The van der Waals surface area contributed by atoms with Crippen LogP contribution in [0.5, 0.6) is 0 Å². The van der Waals surface area contributed by atoms with E-state index in [2.05, 4.69) is 5.32 Å². The second-order valence-corrected chi connectivity index (χ2v) is 4.94. The number of benzene rings is 1. The number of nitrogens with zero attached hydrogens (tertiary/aromatic N) is 1. The molecule has 23 heavy (non-hydrogen) atoms.